The van der Waals surface area contributed by atoms with Crippen molar-refractivity contribution >= 4 is 5.69 Å². The Hall–Kier alpha value is -1.02. The van der Waals surface area contributed by atoms with Crippen LogP contribution in [0.25, 0.3) is 0 Å². The van der Waals surface area contributed by atoms with Crippen molar-refractivity contribution < 1.29 is 0 Å². The van der Waals surface area contributed by atoms with E-state index in [2.05, 4.69) is 48.3 Å². The molecule has 0 atom stereocenters. The monoisotopic (exact) mass is 190 g/mol. The number of nitrogens with one attached hydrogen (secondary N) is 1. The Morgan fingerprint density at radius 2 is 2.07 bits per heavy atom. The van der Waals surface area contributed by atoms with E-state index in [0.717, 1.165) is 19.6 Å². The molecule has 1 heterocycles. The van der Waals surface area contributed by atoms with E-state index in [1.807, 2.05) is 0 Å². The third-order valence-electron chi connectivity index (χ3n) is 2.97. The van der Waals surface area contributed by atoms with Crippen molar-refractivity contribution in [1.82, 2.24) is 5.32 Å². The lowest BCUT2D eigenvalue weighted by molar-refractivity contribution is 0.417. The second-order valence-electron chi connectivity index (χ2n) is 3.88. The summed E-state index contributed by atoms with van der Waals surface area (Å²) in [6, 6.07) is 9.32. The van der Waals surface area contributed by atoms with Gasteiger partial charge in [-0.1, -0.05) is 18.2 Å². The Balaban J connectivity index is 2.22. The molecule has 1 saturated heterocycles. The van der Waals surface area contributed by atoms with Gasteiger partial charge in [-0.25, -0.2) is 0 Å². The molecule has 1 N–H and O–H groups in total. The number of hydrogen-bond acceptors (Lipinski definition) is 2. The fourth-order valence-corrected chi connectivity index (χ4v) is 2.00. The zero-order valence-corrected chi connectivity index (χ0v) is 8.96. The standard InChI is InChI=1S/C12H18N2/c1-3-14(11-8-13-9-11)12-7-5-4-6-10(12)2/h4-7,11,13H,3,8-9H2,1-2H3. The predicted molar refractivity (Wildman–Crippen MR) is 60.9 cm³/mol. The minimum Gasteiger partial charge on any atom is -0.366 e. The fourth-order valence-electron chi connectivity index (χ4n) is 2.00. The normalized spacial score (nSPS) is 16.4. The van der Waals surface area contributed by atoms with Crippen LogP contribution < -0.4 is 10.2 Å². The van der Waals surface area contributed by atoms with Crippen molar-refractivity contribution in [3.63, 3.8) is 0 Å². The van der Waals surface area contributed by atoms with Gasteiger partial charge in [-0.2, -0.15) is 0 Å². The van der Waals surface area contributed by atoms with Crippen LogP contribution in [0.15, 0.2) is 24.3 Å². The van der Waals surface area contributed by atoms with E-state index in [-0.39, 0.29) is 0 Å². The van der Waals surface area contributed by atoms with E-state index >= 15 is 0 Å². The topological polar surface area (TPSA) is 15.3 Å². The van der Waals surface area contributed by atoms with Gasteiger partial charge < -0.3 is 10.2 Å². The van der Waals surface area contributed by atoms with Gasteiger partial charge in [-0.3, -0.25) is 0 Å². The van der Waals surface area contributed by atoms with Crippen LogP contribution >= 0.6 is 0 Å². The van der Waals surface area contributed by atoms with E-state index in [1.54, 1.807) is 0 Å². The highest BCUT2D eigenvalue weighted by atomic mass is 15.2. The van der Waals surface area contributed by atoms with E-state index in [4.69, 9.17) is 0 Å². The van der Waals surface area contributed by atoms with Crippen molar-refractivity contribution in [2.24, 2.45) is 0 Å². The average Bonchev–Trinajstić information content (AvgIpc) is 2.12. The molecule has 2 nitrogen and oxygen atoms in total. The first-order valence-electron chi connectivity index (χ1n) is 5.36. The van der Waals surface area contributed by atoms with Crippen LogP contribution in [0, 0.1) is 6.92 Å². The minimum atomic E-state index is 0.695. The molecule has 0 amide bonds. The van der Waals surface area contributed by atoms with Gasteiger partial charge >= 0.3 is 0 Å². The maximum atomic E-state index is 3.32. The van der Waals surface area contributed by atoms with Gasteiger partial charge in [0.1, 0.15) is 0 Å². The van der Waals surface area contributed by atoms with Crippen LogP contribution in [0.5, 0.6) is 0 Å². The Bertz CT molecular complexity index is 305. The molecule has 2 heteroatoms. The zero-order chi connectivity index (χ0) is 9.97. The van der Waals surface area contributed by atoms with Gasteiger partial charge in [0.05, 0.1) is 6.04 Å². The molecule has 1 aliphatic rings. The second-order valence-corrected chi connectivity index (χ2v) is 3.88. The second kappa shape index (κ2) is 4.01. The van der Waals surface area contributed by atoms with Gasteiger partial charge in [-0.15, -0.1) is 0 Å². The summed E-state index contributed by atoms with van der Waals surface area (Å²) in [5, 5.41) is 3.32. The lowest BCUT2D eigenvalue weighted by atomic mass is 10.1. The van der Waals surface area contributed by atoms with Crippen LogP contribution in [-0.2, 0) is 0 Å². The van der Waals surface area contributed by atoms with Gasteiger partial charge in [0.2, 0.25) is 0 Å². The van der Waals surface area contributed by atoms with Crippen LogP contribution in [0.4, 0.5) is 5.69 Å². The number of para-hydroxylation sites is 1. The highest BCUT2D eigenvalue weighted by molar-refractivity contribution is 5.54. The van der Waals surface area contributed by atoms with Gasteiger partial charge in [0, 0.05) is 25.3 Å². The number of rotatable bonds is 3. The van der Waals surface area contributed by atoms with Gasteiger partial charge in [0.25, 0.3) is 0 Å². The quantitative estimate of drug-likeness (QED) is 0.781. The van der Waals surface area contributed by atoms with Crippen LogP contribution in [-0.4, -0.2) is 25.7 Å². The lowest BCUT2D eigenvalue weighted by Gasteiger charge is -2.40. The maximum Gasteiger partial charge on any atom is 0.0538 e. The first-order chi connectivity index (χ1) is 6.83. The molecule has 1 aromatic carbocycles. The third kappa shape index (κ3) is 1.62. The molecular weight excluding hydrogens is 172 g/mol. The highest BCUT2D eigenvalue weighted by Gasteiger charge is 2.23. The summed E-state index contributed by atoms with van der Waals surface area (Å²) < 4.78 is 0. The summed E-state index contributed by atoms with van der Waals surface area (Å²) in [5.41, 5.74) is 2.77. The molecule has 14 heavy (non-hydrogen) atoms. The molecule has 0 unspecified atom stereocenters. The predicted octanol–water partition coefficient (Wildman–Crippen LogP) is 1.79. The molecule has 0 saturated carbocycles. The van der Waals surface area contributed by atoms with E-state index in [1.165, 1.54) is 11.3 Å². The summed E-state index contributed by atoms with van der Waals surface area (Å²) in [6.45, 7) is 7.76. The van der Waals surface area contributed by atoms with Crippen molar-refractivity contribution in [1.29, 1.82) is 0 Å². The average molecular weight is 190 g/mol. The SMILES string of the molecule is CCN(c1ccccc1C)C1CNC1. The van der Waals surface area contributed by atoms with E-state index in [0.29, 0.717) is 6.04 Å². The Morgan fingerprint density at radius 3 is 2.57 bits per heavy atom. The maximum absolute atomic E-state index is 3.32. The molecule has 1 fully saturated rings. The van der Waals surface area contributed by atoms with Gasteiger partial charge in [-0.05, 0) is 25.5 Å². The van der Waals surface area contributed by atoms with Crippen molar-refractivity contribution in [3.8, 4) is 0 Å². The smallest absolute Gasteiger partial charge is 0.0538 e. The molecule has 0 aliphatic carbocycles. The lowest BCUT2D eigenvalue weighted by Crippen LogP contribution is -2.57. The number of hydrogen-bond donors (Lipinski definition) is 1. The Morgan fingerprint density at radius 1 is 1.36 bits per heavy atom. The number of likely N-dealkylation sites (N-methyl/N-ethyl adjacent to an activating group) is 1. The van der Waals surface area contributed by atoms with Crippen molar-refractivity contribution in [2.45, 2.75) is 19.9 Å². The van der Waals surface area contributed by atoms with Crippen molar-refractivity contribution in [2.75, 3.05) is 24.5 Å². The molecule has 0 bridgehead atoms. The molecule has 76 valence electrons. The largest absolute Gasteiger partial charge is 0.366 e. The van der Waals surface area contributed by atoms with Crippen LogP contribution in [0.2, 0.25) is 0 Å². The summed E-state index contributed by atoms with van der Waals surface area (Å²) in [6.07, 6.45) is 0. The van der Waals surface area contributed by atoms with Crippen LogP contribution in [0.1, 0.15) is 12.5 Å². The zero-order valence-electron chi connectivity index (χ0n) is 8.96. The highest BCUT2D eigenvalue weighted by Crippen LogP contribution is 2.22. The number of benzene rings is 1. The van der Waals surface area contributed by atoms with Gasteiger partial charge in [0.15, 0.2) is 0 Å². The minimum absolute atomic E-state index is 0.695. The Labute approximate surface area is 85.9 Å². The van der Waals surface area contributed by atoms with Crippen LogP contribution in [0.3, 0.4) is 0 Å². The summed E-state index contributed by atoms with van der Waals surface area (Å²) >= 11 is 0. The Kier molecular flexibility index (Phi) is 2.73. The molecule has 2 rings (SSSR count). The number of nitrogens with zero attached hydrogens (tertiary/aromatic N) is 1. The fraction of sp³-hybridized carbons (Fsp3) is 0.500. The summed E-state index contributed by atoms with van der Waals surface area (Å²) in [7, 11) is 0. The molecule has 1 aliphatic heterocycles. The van der Waals surface area contributed by atoms with Crippen molar-refractivity contribution in [3.05, 3.63) is 29.8 Å². The number of aryl methyl sites for hydroxylation is 1. The first kappa shape index (κ1) is 9.53. The van der Waals surface area contributed by atoms with E-state index in [9.17, 15) is 0 Å². The molecule has 0 spiro atoms. The van der Waals surface area contributed by atoms with E-state index < -0.39 is 0 Å². The third-order valence-corrected chi connectivity index (χ3v) is 2.97. The molecule has 0 radical (unpaired) electrons. The summed E-state index contributed by atoms with van der Waals surface area (Å²) in [5.74, 6) is 0. The molecule has 0 aromatic heterocycles. The first-order valence-corrected chi connectivity index (χ1v) is 5.36. The molecule has 1 aromatic rings. The molecular formula is C12H18N2. The number of anilines is 1. The summed E-state index contributed by atoms with van der Waals surface area (Å²) in [4.78, 5) is 2.49.